The van der Waals surface area contributed by atoms with E-state index < -0.39 is 0 Å². The number of aromatic hydroxyl groups is 1. The summed E-state index contributed by atoms with van der Waals surface area (Å²) < 4.78 is 0. The highest BCUT2D eigenvalue weighted by molar-refractivity contribution is 6.32. The number of rotatable bonds is 2. The van der Waals surface area contributed by atoms with Crippen molar-refractivity contribution in [3.63, 3.8) is 0 Å². The highest BCUT2D eigenvalue weighted by Gasteiger charge is 2.19. The first kappa shape index (κ1) is 11.7. The minimum atomic E-state index is 0.0513. The van der Waals surface area contributed by atoms with E-state index in [0.717, 1.165) is 18.4 Å². The van der Waals surface area contributed by atoms with Crippen LogP contribution in [0.4, 0.5) is 0 Å². The molecule has 0 aromatic heterocycles. The number of halogens is 1. The van der Waals surface area contributed by atoms with E-state index in [1.807, 2.05) is 13.0 Å². The molecule has 3 N–H and O–H groups in total. The Morgan fingerprint density at radius 2 is 2.12 bits per heavy atom. The monoisotopic (exact) mass is 239 g/mol. The first-order chi connectivity index (χ1) is 7.59. The first-order valence-corrected chi connectivity index (χ1v) is 6.25. The number of nitrogens with two attached hydrogens (primary N) is 1. The van der Waals surface area contributed by atoms with Gasteiger partial charge < -0.3 is 10.8 Å². The van der Waals surface area contributed by atoms with E-state index in [0.29, 0.717) is 11.4 Å². The Labute approximate surface area is 101 Å². The van der Waals surface area contributed by atoms with E-state index >= 15 is 0 Å². The van der Waals surface area contributed by atoms with Gasteiger partial charge in [0.2, 0.25) is 0 Å². The van der Waals surface area contributed by atoms with Crippen LogP contribution in [0.25, 0.3) is 0 Å². The molecule has 16 heavy (non-hydrogen) atoms. The van der Waals surface area contributed by atoms with Crippen LogP contribution in [0.3, 0.4) is 0 Å². The number of hydrogen-bond acceptors (Lipinski definition) is 2. The standard InChI is InChI=1S/C13H18ClNO/c1-8(15)6-11-10-5-3-2-4-9(10)7-12(14)13(11)16/h7-8,16H,2-6,15H2,1H3. The molecule has 0 aliphatic heterocycles. The van der Waals surface area contributed by atoms with Gasteiger partial charge in [0.25, 0.3) is 0 Å². The van der Waals surface area contributed by atoms with Crippen molar-refractivity contribution in [3.8, 4) is 5.75 Å². The summed E-state index contributed by atoms with van der Waals surface area (Å²) >= 11 is 6.04. The lowest BCUT2D eigenvalue weighted by atomic mass is 9.86. The normalized spacial score (nSPS) is 16.9. The quantitative estimate of drug-likeness (QED) is 0.834. The molecule has 2 rings (SSSR count). The molecule has 3 heteroatoms. The lowest BCUT2D eigenvalue weighted by Gasteiger charge is -2.22. The van der Waals surface area contributed by atoms with Crippen LogP contribution in [0.5, 0.6) is 5.75 Å². The maximum atomic E-state index is 10.0. The largest absolute Gasteiger partial charge is 0.506 e. The molecule has 0 heterocycles. The van der Waals surface area contributed by atoms with Crippen LogP contribution in [-0.2, 0) is 19.3 Å². The maximum absolute atomic E-state index is 10.0. The molecule has 1 aromatic carbocycles. The number of fused-ring (bicyclic) bond motifs is 1. The molecule has 88 valence electrons. The fraction of sp³-hybridized carbons (Fsp3) is 0.538. The average molecular weight is 240 g/mol. The summed E-state index contributed by atoms with van der Waals surface area (Å²) in [6.45, 7) is 1.95. The minimum absolute atomic E-state index is 0.0513. The highest BCUT2D eigenvalue weighted by atomic mass is 35.5. The summed E-state index contributed by atoms with van der Waals surface area (Å²) in [7, 11) is 0. The molecule has 0 fully saturated rings. The second-order valence-corrected chi connectivity index (χ2v) is 5.12. The fourth-order valence-electron chi connectivity index (χ4n) is 2.48. The Bertz CT molecular complexity index is 401. The van der Waals surface area contributed by atoms with Crippen LogP contribution in [0, 0.1) is 0 Å². The van der Waals surface area contributed by atoms with Gasteiger partial charge in [-0.05, 0) is 56.2 Å². The summed E-state index contributed by atoms with van der Waals surface area (Å²) in [6.07, 6.45) is 5.23. The molecule has 0 bridgehead atoms. The Morgan fingerprint density at radius 1 is 1.44 bits per heavy atom. The second-order valence-electron chi connectivity index (χ2n) is 4.71. The molecule has 0 spiro atoms. The van der Waals surface area contributed by atoms with Crippen LogP contribution in [0.15, 0.2) is 6.07 Å². The second kappa shape index (κ2) is 4.64. The third-order valence-corrected chi connectivity index (χ3v) is 3.50. The Balaban J connectivity index is 2.50. The van der Waals surface area contributed by atoms with Gasteiger partial charge in [0.1, 0.15) is 5.75 Å². The minimum Gasteiger partial charge on any atom is -0.506 e. The summed E-state index contributed by atoms with van der Waals surface area (Å²) in [5.41, 5.74) is 9.37. The van der Waals surface area contributed by atoms with Gasteiger partial charge in [-0.3, -0.25) is 0 Å². The lowest BCUT2D eigenvalue weighted by Crippen LogP contribution is -2.20. The van der Waals surface area contributed by atoms with Gasteiger partial charge in [-0.2, -0.15) is 0 Å². The van der Waals surface area contributed by atoms with Crippen molar-refractivity contribution in [1.29, 1.82) is 0 Å². The van der Waals surface area contributed by atoms with E-state index in [1.54, 1.807) is 0 Å². The van der Waals surface area contributed by atoms with E-state index in [1.165, 1.54) is 24.0 Å². The topological polar surface area (TPSA) is 46.2 Å². The Hall–Kier alpha value is -0.730. The molecule has 0 radical (unpaired) electrons. The van der Waals surface area contributed by atoms with Gasteiger partial charge >= 0.3 is 0 Å². The molecule has 0 saturated heterocycles. The zero-order valence-electron chi connectivity index (χ0n) is 9.59. The zero-order chi connectivity index (χ0) is 11.7. The number of phenolic OH excluding ortho intramolecular Hbond substituents is 1. The van der Waals surface area contributed by atoms with Crippen LogP contribution < -0.4 is 5.73 Å². The van der Waals surface area contributed by atoms with E-state index in [9.17, 15) is 5.11 Å². The fourth-order valence-corrected chi connectivity index (χ4v) is 2.73. The summed E-state index contributed by atoms with van der Waals surface area (Å²) in [5.74, 6) is 0.236. The highest BCUT2D eigenvalue weighted by Crippen LogP contribution is 2.36. The zero-order valence-corrected chi connectivity index (χ0v) is 10.3. The Morgan fingerprint density at radius 3 is 2.81 bits per heavy atom. The molecular formula is C13H18ClNO. The number of hydrogen-bond donors (Lipinski definition) is 2. The molecule has 1 unspecified atom stereocenters. The number of aryl methyl sites for hydroxylation is 1. The molecule has 1 aliphatic rings. The number of benzene rings is 1. The van der Waals surface area contributed by atoms with Crippen LogP contribution >= 0.6 is 11.6 Å². The molecule has 1 aromatic rings. The number of phenols is 1. The van der Waals surface area contributed by atoms with E-state index in [2.05, 4.69) is 0 Å². The van der Waals surface area contributed by atoms with Crippen molar-refractivity contribution in [2.24, 2.45) is 5.73 Å². The van der Waals surface area contributed by atoms with Crippen LogP contribution in [0.1, 0.15) is 36.5 Å². The van der Waals surface area contributed by atoms with Crippen molar-refractivity contribution in [1.82, 2.24) is 0 Å². The third kappa shape index (κ3) is 2.18. The van der Waals surface area contributed by atoms with E-state index in [4.69, 9.17) is 17.3 Å². The van der Waals surface area contributed by atoms with Gasteiger partial charge in [0, 0.05) is 11.6 Å². The summed E-state index contributed by atoms with van der Waals surface area (Å²) in [6, 6.07) is 1.96. The van der Waals surface area contributed by atoms with Gasteiger partial charge in [-0.1, -0.05) is 11.6 Å². The first-order valence-electron chi connectivity index (χ1n) is 5.87. The molecule has 0 amide bonds. The molecule has 1 aliphatic carbocycles. The predicted octanol–water partition coefficient (Wildman–Crippen LogP) is 2.81. The molecule has 1 atom stereocenters. The molecule has 2 nitrogen and oxygen atoms in total. The van der Waals surface area contributed by atoms with Gasteiger partial charge in [-0.15, -0.1) is 0 Å². The van der Waals surface area contributed by atoms with Crippen molar-refractivity contribution in [3.05, 3.63) is 27.8 Å². The SMILES string of the molecule is CC(N)Cc1c(O)c(Cl)cc2c1CCCC2. The van der Waals surface area contributed by atoms with Gasteiger partial charge in [-0.25, -0.2) is 0 Å². The Kier molecular flexibility index (Phi) is 3.41. The average Bonchev–Trinajstić information content (AvgIpc) is 2.24. The van der Waals surface area contributed by atoms with Gasteiger partial charge in [0.15, 0.2) is 0 Å². The molecule has 0 saturated carbocycles. The maximum Gasteiger partial charge on any atom is 0.137 e. The third-order valence-electron chi connectivity index (χ3n) is 3.21. The molecular weight excluding hydrogens is 222 g/mol. The smallest absolute Gasteiger partial charge is 0.137 e. The van der Waals surface area contributed by atoms with Gasteiger partial charge in [0.05, 0.1) is 5.02 Å². The van der Waals surface area contributed by atoms with Crippen LogP contribution in [0.2, 0.25) is 5.02 Å². The lowest BCUT2D eigenvalue weighted by molar-refractivity contribution is 0.462. The van der Waals surface area contributed by atoms with Crippen molar-refractivity contribution < 1.29 is 5.11 Å². The van der Waals surface area contributed by atoms with Crippen molar-refractivity contribution in [2.75, 3.05) is 0 Å². The van der Waals surface area contributed by atoms with Crippen molar-refractivity contribution >= 4 is 11.6 Å². The summed E-state index contributed by atoms with van der Waals surface area (Å²) in [4.78, 5) is 0. The summed E-state index contributed by atoms with van der Waals surface area (Å²) in [5, 5.41) is 10.5. The van der Waals surface area contributed by atoms with E-state index in [-0.39, 0.29) is 11.8 Å². The predicted molar refractivity (Wildman–Crippen MR) is 67.1 cm³/mol. The van der Waals surface area contributed by atoms with Crippen LogP contribution in [-0.4, -0.2) is 11.1 Å². The van der Waals surface area contributed by atoms with Crippen molar-refractivity contribution in [2.45, 2.75) is 45.1 Å².